The number of thiophene rings is 1. The Bertz CT molecular complexity index is 847. The summed E-state index contributed by atoms with van der Waals surface area (Å²) in [6.45, 7) is 2.05. The van der Waals surface area contributed by atoms with Crippen molar-refractivity contribution in [2.24, 2.45) is 5.73 Å². The van der Waals surface area contributed by atoms with Gasteiger partial charge in [0.05, 0.1) is 23.0 Å². The monoisotopic (exact) mass is 434 g/mol. The van der Waals surface area contributed by atoms with Crippen LogP contribution < -0.4 is 16.4 Å². The van der Waals surface area contributed by atoms with Gasteiger partial charge in [-0.25, -0.2) is 0 Å². The van der Waals surface area contributed by atoms with E-state index < -0.39 is 5.91 Å². The molecule has 0 radical (unpaired) electrons. The zero-order valence-corrected chi connectivity index (χ0v) is 17.3. The summed E-state index contributed by atoms with van der Waals surface area (Å²) in [6.07, 6.45) is 0. The molecule has 162 valence electrons. The first-order chi connectivity index (χ1) is 14.4. The van der Waals surface area contributed by atoms with Crippen molar-refractivity contribution in [1.29, 1.82) is 0 Å². The van der Waals surface area contributed by atoms with E-state index in [1.807, 2.05) is 4.90 Å². The molecule has 0 aliphatic rings. The number of benzene rings is 1. The number of nitrogens with one attached hydrogen (secondary N) is 2. The van der Waals surface area contributed by atoms with Crippen molar-refractivity contribution in [2.45, 2.75) is 6.54 Å². The number of carbonyl (C=O) groups is 3. The van der Waals surface area contributed by atoms with Crippen LogP contribution in [0.1, 0.15) is 35.3 Å². The molecule has 0 unspecified atom stereocenters. The summed E-state index contributed by atoms with van der Waals surface area (Å²) in [5.41, 5.74) is 6.50. The number of nitrogens with zero attached hydrogens (tertiary/aromatic N) is 1. The number of aliphatic hydroxyl groups excluding tert-OH is 2. The maximum absolute atomic E-state index is 12.2. The largest absolute Gasteiger partial charge is 0.395 e. The minimum atomic E-state index is -0.567. The highest BCUT2D eigenvalue weighted by Gasteiger charge is 2.12. The van der Waals surface area contributed by atoms with Crippen LogP contribution in [0, 0.1) is 0 Å². The molecule has 0 saturated heterocycles. The molecular weight excluding hydrogens is 408 g/mol. The highest BCUT2D eigenvalue weighted by molar-refractivity contribution is 7.15. The molecule has 0 fully saturated rings. The number of nitrogens with two attached hydrogens (primary N) is 1. The summed E-state index contributed by atoms with van der Waals surface area (Å²) in [5.74, 6) is -1.09. The second-order valence-electron chi connectivity index (χ2n) is 6.45. The predicted octanol–water partition coefficient (Wildman–Crippen LogP) is -0.207. The number of rotatable bonds is 12. The van der Waals surface area contributed by atoms with Gasteiger partial charge in [0.15, 0.2) is 0 Å². The summed E-state index contributed by atoms with van der Waals surface area (Å²) in [5, 5.41) is 23.5. The minimum absolute atomic E-state index is 0.00919. The van der Waals surface area contributed by atoms with Crippen LogP contribution in [0.15, 0.2) is 36.4 Å². The Labute approximate surface area is 178 Å². The van der Waals surface area contributed by atoms with E-state index in [1.165, 1.54) is 6.07 Å². The van der Waals surface area contributed by atoms with Crippen molar-refractivity contribution in [3.05, 3.63) is 57.3 Å². The minimum Gasteiger partial charge on any atom is -0.395 e. The zero-order chi connectivity index (χ0) is 21.9. The van der Waals surface area contributed by atoms with E-state index in [4.69, 9.17) is 15.9 Å². The molecule has 9 nitrogen and oxygen atoms in total. The molecule has 1 heterocycles. The molecular formula is C20H26N4O5S. The van der Waals surface area contributed by atoms with Gasteiger partial charge in [-0.1, -0.05) is 12.1 Å². The van der Waals surface area contributed by atoms with E-state index in [2.05, 4.69) is 10.6 Å². The lowest BCUT2D eigenvalue weighted by atomic mass is 10.1. The van der Waals surface area contributed by atoms with Crippen molar-refractivity contribution in [3.8, 4) is 0 Å². The Balaban J connectivity index is 1.80. The van der Waals surface area contributed by atoms with Crippen molar-refractivity contribution in [1.82, 2.24) is 15.5 Å². The number of hydrogen-bond donors (Lipinski definition) is 5. The van der Waals surface area contributed by atoms with Gasteiger partial charge in [-0.3, -0.25) is 19.3 Å². The third-order valence-corrected chi connectivity index (χ3v) is 5.39. The Hall–Kier alpha value is -2.79. The van der Waals surface area contributed by atoms with Gasteiger partial charge in [0.2, 0.25) is 0 Å². The topological polar surface area (TPSA) is 145 Å². The van der Waals surface area contributed by atoms with Gasteiger partial charge < -0.3 is 26.6 Å². The average Bonchev–Trinajstić information content (AvgIpc) is 3.23. The van der Waals surface area contributed by atoms with Gasteiger partial charge in [0.1, 0.15) is 0 Å². The highest BCUT2D eigenvalue weighted by Crippen LogP contribution is 2.16. The molecule has 0 bridgehead atoms. The lowest BCUT2D eigenvalue weighted by molar-refractivity contribution is 0.0938. The molecule has 6 N–H and O–H groups in total. The molecule has 10 heteroatoms. The quantitative estimate of drug-likeness (QED) is 0.313. The van der Waals surface area contributed by atoms with Crippen molar-refractivity contribution in [2.75, 3.05) is 39.4 Å². The standard InChI is InChI=1S/C20H26N4O5S/c21-18(27)16-5-6-17(30-16)20(29)23-13-14-1-3-15(4-2-14)19(28)22-7-8-24(9-11-25)10-12-26/h1-6,25-26H,7-13H2,(H2,21,27)(H,22,28)(H,23,29). The van der Waals surface area contributed by atoms with Crippen LogP contribution in [-0.4, -0.2) is 72.2 Å². The highest BCUT2D eigenvalue weighted by atomic mass is 32.1. The smallest absolute Gasteiger partial charge is 0.261 e. The number of carbonyl (C=O) groups excluding carboxylic acids is 3. The first kappa shape index (κ1) is 23.5. The Kier molecular flexibility index (Phi) is 9.42. The molecule has 0 spiro atoms. The second kappa shape index (κ2) is 12.0. The molecule has 1 aromatic heterocycles. The first-order valence-electron chi connectivity index (χ1n) is 9.43. The van der Waals surface area contributed by atoms with Crippen LogP contribution in [0.4, 0.5) is 0 Å². The fourth-order valence-electron chi connectivity index (χ4n) is 2.68. The fraction of sp³-hybridized carbons (Fsp3) is 0.350. The second-order valence-corrected chi connectivity index (χ2v) is 7.54. The number of hydrogen-bond acceptors (Lipinski definition) is 7. The molecule has 0 aliphatic carbocycles. The van der Waals surface area contributed by atoms with E-state index in [0.29, 0.717) is 41.5 Å². The van der Waals surface area contributed by atoms with E-state index in [0.717, 1.165) is 16.9 Å². The van der Waals surface area contributed by atoms with E-state index >= 15 is 0 Å². The van der Waals surface area contributed by atoms with Crippen LogP contribution in [0.3, 0.4) is 0 Å². The van der Waals surface area contributed by atoms with E-state index in [9.17, 15) is 14.4 Å². The molecule has 2 rings (SSSR count). The molecule has 3 amide bonds. The maximum atomic E-state index is 12.2. The van der Waals surface area contributed by atoms with Gasteiger partial charge in [0, 0.05) is 38.3 Å². The summed E-state index contributed by atoms with van der Waals surface area (Å²) in [6, 6.07) is 9.92. The summed E-state index contributed by atoms with van der Waals surface area (Å²) < 4.78 is 0. The van der Waals surface area contributed by atoms with Crippen molar-refractivity contribution < 1.29 is 24.6 Å². The number of amides is 3. The first-order valence-corrected chi connectivity index (χ1v) is 10.2. The Morgan fingerprint density at radius 1 is 0.867 bits per heavy atom. The van der Waals surface area contributed by atoms with Crippen molar-refractivity contribution >= 4 is 29.1 Å². The van der Waals surface area contributed by atoms with Crippen LogP contribution in [-0.2, 0) is 6.54 Å². The lowest BCUT2D eigenvalue weighted by Crippen LogP contribution is -2.37. The maximum Gasteiger partial charge on any atom is 0.261 e. The van der Waals surface area contributed by atoms with Gasteiger partial charge in [-0.05, 0) is 29.8 Å². The van der Waals surface area contributed by atoms with Crippen LogP contribution >= 0.6 is 11.3 Å². The fourth-order valence-corrected chi connectivity index (χ4v) is 3.46. The van der Waals surface area contributed by atoms with E-state index in [-0.39, 0.29) is 31.6 Å². The molecule has 2 aromatic rings. The predicted molar refractivity (Wildman–Crippen MR) is 113 cm³/mol. The molecule has 1 aromatic carbocycles. The molecule has 30 heavy (non-hydrogen) atoms. The summed E-state index contributed by atoms with van der Waals surface area (Å²) >= 11 is 1.04. The summed E-state index contributed by atoms with van der Waals surface area (Å²) in [4.78, 5) is 38.1. The number of aliphatic hydroxyl groups is 2. The third-order valence-electron chi connectivity index (χ3n) is 4.29. The number of primary amides is 1. The van der Waals surface area contributed by atoms with Gasteiger partial charge in [-0.15, -0.1) is 11.3 Å². The van der Waals surface area contributed by atoms with Gasteiger partial charge >= 0.3 is 0 Å². The Morgan fingerprint density at radius 3 is 2.07 bits per heavy atom. The van der Waals surface area contributed by atoms with Gasteiger partial charge in [-0.2, -0.15) is 0 Å². The normalized spacial score (nSPS) is 10.8. The van der Waals surface area contributed by atoms with Crippen LogP contribution in [0.2, 0.25) is 0 Å². The Morgan fingerprint density at radius 2 is 1.50 bits per heavy atom. The molecule has 0 atom stereocenters. The SMILES string of the molecule is NC(=O)c1ccc(C(=O)NCc2ccc(C(=O)NCCN(CCO)CCO)cc2)s1. The van der Waals surface area contributed by atoms with Gasteiger partial charge in [0.25, 0.3) is 17.7 Å². The lowest BCUT2D eigenvalue weighted by Gasteiger charge is -2.20. The molecule has 0 aliphatic heterocycles. The van der Waals surface area contributed by atoms with E-state index in [1.54, 1.807) is 30.3 Å². The zero-order valence-electron chi connectivity index (χ0n) is 16.5. The van der Waals surface area contributed by atoms with Crippen LogP contribution in [0.5, 0.6) is 0 Å². The average molecular weight is 435 g/mol. The molecule has 0 saturated carbocycles. The third kappa shape index (κ3) is 7.23. The summed E-state index contributed by atoms with van der Waals surface area (Å²) in [7, 11) is 0. The van der Waals surface area contributed by atoms with Crippen molar-refractivity contribution in [3.63, 3.8) is 0 Å². The van der Waals surface area contributed by atoms with Crippen LogP contribution in [0.25, 0.3) is 0 Å².